The van der Waals surface area contributed by atoms with E-state index in [4.69, 9.17) is 4.74 Å². The fraction of sp³-hybridized carbons (Fsp3) is 0.500. The van der Waals surface area contributed by atoms with Crippen LogP contribution in [0.4, 0.5) is 0 Å². The van der Waals surface area contributed by atoms with Gasteiger partial charge in [0.05, 0.1) is 7.11 Å². The van der Waals surface area contributed by atoms with Gasteiger partial charge < -0.3 is 15.0 Å². The summed E-state index contributed by atoms with van der Waals surface area (Å²) in [5.41, 5.74) is 3.87. The molecule has 1 aromatic carbocycles. The summed E-state index contributed by atoms with van der Waals surface area (Å²) >= 11 is 0. The van der Waals surface area contributed by atoms with Gasteiger partial charge in [0, 0.05) is 28.7 Å². The first-order chi connectivity index (χ1) is 9.11. The summed E-state index contributed by atoms with van der Waals surface area (Å²) in [5, 5.41) is 4.79. The Hall–Kier alpha value is -1.48. The molecule has 3 heteroatoms. The minimum absolute atomic E-state index is 0.563. The van der Waals surface area contributed by atoms with Gasteiger partial charge in [-0.2, -0.15) is 0 Å². The van der Waals surface area contributed by atoms with E-state index in [1.165, 1.54) is 22.2 Å². The summed E-state index contributed by atoms with van der Waals surface area (Å²) in [7, 11) is 1.70. The summed E-state index contributed by atoms with van der Waals surface area (Å²) in [5.74, 6) is 0.904. The summed E-state index contributed by atoms with van der Waals surface area (Å²) in [6.45, 7) is 7.59. The maximum atomic E-state index is 5.27. The van der Waals surface area contributed by atoms with Gasteiger partial charge in [0.15, 0.2) is 0 Å². The molecule has 0 aliphatic heterocycles. The predicted molar refractivity (Wildman–Crippen MR) is 81.0 cm³/mol. The summed E-state index contributed by atoms with van der Waals surface area (Å²) in [4.78, 5) is 3.45. The number of rotatable bonds is 6. The number of aryl methyl sites for hydroxylation is 2. The molecule has 0 radical (unpaired) electrons. The average molecular weight is 260 g/mol. The van der Waals surface area contributed by atoms with E-state index in [2.05, 4.69) is 43.2 Å². The first-order valence-corrected chi connectivity index (χ1v) is 7.00. The quantitative estimate of drug-likeness (QED) is 0.781. The molecule has 0 saturated heterocycles. The Balaban J connectivity index is 2.12. The molecule has 0 amide bonds. The number of aromatic nitrogens is 1. The number of H-pyrrole nitrogens is 1. The lowest BCUT2D eigenvalue weighted by molar-refractivity contribution is 0.415. The molecule has 1 aromatic heterocycles. The van der Waals surface area contributed by atoms with Gasteiger partial charge in [0.25, 0.3) is 0 Å². The van der Waals surface area contributed by atoms with Crippen LogP contribution in [0.5, 0.6) is 5.75 Å². The standard InChI is InChI=1S/C16H24N2O/c1-11(2)17-9-5-6-14-12(3)18-16-10-13(19-4)7-8-15(14)16/h7-8,10-11,17-18H,5-6,9H2,1-4H3. The molecule has 3 nitrogen and oxygen atoms in total. The Morgan fingerprint density at radius 3 is 2.79 bits per heavy atom. The van der Waals surface area contributed by atoms with Gasteiger partial charge >= 0.3 is 0 Å². The number of ether oxygens (including phenoxy) is 1. The third-order valence-corrected chi connectivity index (χ3v) is 3.48. The van der Waals surface area contributed by atoms with Gasteiger partial charge in [-0.3, -0.25) is 0 Å². The average Bonchev–Trinajstić information content (AvgIpc) is 2.69. The molecule has 0 bridgehead atoms. The van der Waals surface area contributed by atoms with Crippen LogP contribution >= 0.6 is 0 Å². The van der Waals surface area contributed by atoms with Crippen molar-refractivity contribution in [3.8, 4) is 5.75 Å². The molecule has 0 atom stereocenters. The maximum absolute atomic E-state index is 5.27. The molecule has 1 heterocycles. The van der Waals surface area contributed by atoms with Gasteiger partial charge in [0.1, 0.15) is 5.75 Å². The van der Waals surface area contributed by atoms with Crippen molar-refractivity contribution < 1.29 is 4.74 Å². The second kappa shape index (κ2) is 6.11. The van der Waals surface area contributed by atoms with Crippen molar-refractivity contribution in [2.24, 2.45) is 0 Å². The SMILES string of the molecule is COc1ccc2c(CCCNC(C)C)c(C)[nH]c2c1. The highest BCUT2D eigenvalue weighted by Gasteiger charge is 2.08. The summed E-state index contributed by atoms with van der Waals surface area (Å²) in [6.07, 6.45) is 2.27. The summed E-state index contributed by atoms with van der Waals surface area (Å²) < 4.78 is 5.27. The minimum Gasteiger partial charge on any atom is -0.497 e. The van der Waals surface area contributed by atoms with E-state index in [0.717, 1.165) is 25.1 Å². The van der Waals surface area contributed by atoms with E-state index in [1.54, 1.807) is 7.11 Å². The van der Waals surface area contributed by atoms with Crippen LogP contribution in [0.3, 0.4) is 0 Å². The van der Waals surface area contributed by atoms with E-state index in [9.17, 15) is 0 Å². The van der Waals surface area contributed by atoms with Crippen LogP contribution in [0.15, 0.2) is 18.2 Å². The van der Waals surface area contributed by atoms with Gasteiger partial charge in [0.2, 0.25) is 0 Å². The molecule has 104 valence electrons. The molecule has 0 spiro atoms. The van der Waals surface area contributed by atoms with Crippen LogP contribution in [0.25, 0.3) is 10.9 Å². The molecular formula is C16H24N2O. The highest BCUT2D eigenvalue weighted by molar-refractivity contribution is 5.85. The zero-order valence-electron chi connectivity index (χ0n) is 12.3. The fourth-order valence-corrected chi connectivity index (χ4v) is 2.47. The Bertz CT molecular complexity index is 543. The van der Waals surface area contributed by atoms with Crippen molar-refractivity contribution in [1.82, 2.24) is 10.3 Å². The molecule has 19 heavy (non-hydrogen) atoms. The predicted octanol–water partition coefficient (Wildman–Crippen LogP) is 3.42. The third kappa shape index (κ3) is 3.29. The van der Waals surface area contributed by atoms with Crippen molar-refractivity contribution in [2.45, 2.75) is 39.7 Å². The lowest BCUT2D eigenvalue weighted by Crippen LogP contribution is -2.23. The molecule has 0 unspecified atom stereocenters. The number of fused-ring (bicyclic) bond motifs is 1. The number of methoxy groups -OCH3 is 1. The molecule has 2 N–H and O–H groups in total. The van der Waals surface area contributed by atoms with E-state index < -0.39 is 0 Å². The molecule has 2 aromatic rings. The van der Waals surface area contributed by atoms with Crippen molar-refractivity contribution in [1.29, 1.82) is 0 Å². The molecular weight excluding hydrogens is 236 g/mol. The van der Waals surface area contributed by atoms with Crippen molar-refractivity contribution >= 4 is 10.9 Å². The third-order valence-electron chi connectivity index (χ3n) is 3.48. The maximum Gasteiger partial charge on any atom is 0.120 e. The largest absolute Gasteiger partial charge is 0.497 e. The molecule has 0 saturated carbocycles. The van der Waals surface area contributed by atoms with E-state index in [0.29, 0.717) is 6.04 Å². The van der Waals surface area contributed by atoms with Crippen LogP contribution in [0.1, 0.15) is 31.5 Å². The van der Waals surface area contributed by atoms with Gasteiger partial charge in [-0.1, -0.05) is 13.8 Å². The van der Waals surface area contributed by atoms with E-state index in [1.807, 2.05) is 6.07 Å². The second-order valence-corrected chi connectivity index (χ2v) is 5.35. The zero-order chi connectivity index (χ0) is 13.8. The second-order valence-electron chi connectivity index (χ2n) is 5.35. The first-order valence-electron chi connectivity index (χ1n) is 7.00. The highest BCUT2D eigenvalue weighted by atomic mass is 16.5. The monoisotopic (exact) mass is 260 g/mol. The number of benzene rings is 1. The summed E-state index contributed by atoms with van der Waals surface area (Å²) in [6, 6.07) is 6.82. The Morgan fingerprint density at radius 2 is 2.11 bits per heavy atom. The molecule has 0 aliphatic carbocycles. The van der Waals surface area contributed by atoms with Gasteiger partial charge in [-0.15, -0.1) is 0 Å². The van der Waals surface area contributed by atoms with Crippen LogP contribution in [0, 0.1) is 6.92 Å². The van der Waals surface area contributed by atoms with Crippen LogP contribution < -0.4 is 10.1 Å². The Kier molecular flexibility index (Phi) is 4.48. The number of hydrogen-bond donors (Lipinski definition) is 2. The van der Waals surface area contributed by atoms with Crippen molar-refractivity contribution in [3.63, 3.8) is 0 Å². The first kappa shape index (κ1) is 13.9. The lowest BCUT2D eigenvalue weighted by Gasteiger charge is -2.07. The number of aromatic amines is 1. The fourth-order valence-electron chi connectivity index (χ4n) is 2.47. The van der Waals surface area contributed by atoms with Crippen molar-refractivity contribution in [3.05, 3.63) is 29.5 Å². The minimum atomic E-state index is 0.563. The van der Waals surface area contributed by atoms with Gasteiger partial charge in [-0.25, -0.2) is 0 Å². The van der Waals surface area contributed by atoms with Crippen molar-refractivity contribution in [2.75, 3.05) is 13.7 Å². The molecule has 2 rings (SSSR count). The number of hydrogen-bond acceptors (Lipinski definition) is 2. The molecule has 0 fully saturated rings. The van der Waals surface area contributed by atoms with E-state index in [-0.39, 0.29) is 0 Å². The smallest absolute Gasteiger partial charge is 0.120 e. The van der Waals surface area contributed by atoms with Crippen LogP contribution in [0.2, 0.25) is 0 Å². The zero-order valence-corrected chi connectivity index (χ0v) is 12.3. The lowest BCUT2D eigenvalue weighted by atomic mass is 10.1. The normalized spacial score (nSPS) is 11.4. The van der Waals surface area contributed by atoms with Crippen LogP contribution in [-0.2, 0) is 6.42 Å². The Labute approximate surface area is 115 Å². The van der Waals surface area contributed by atoms with Gasteiger partial charge in [-0.05, 0) is 44.0 Å². The molecule has 0 aliphatic rings. The highest BCUT2D eigenvalue weighted by Crippen LogP contribution is 2.26. The number of nitrogens with one attached hydrogen (secondary N) is 2. The topological polar surface area (TPSA) is 37.0 Å². The van der Waals surface area contributed by atoms with E-state index >= 15 is 0 Å². The van der Waals surface area contributed by atoms with Crippen LogP contribution in [-0.4, -0.2) is 24.7 Å². The Morgan fingerprint density at radius 1 is 1.32 bits per heavy atom.